The first-order chi connectivity index (χ1) is 4.86. The molecular formula is C8H7NO. The molecule has 1 heterocycles. The van der Waals surface area contributed by atoms with Gasteiger partial charge in [0.1, 0.15) is 0 Å². The molecular weight excluding hydrogens is 126 g/mol. The molecule has 1 N–H and O–H groups in total. The first-order valence-electron chi connectivity index (χ1n) is 3.60. The lowest BCUT2D eigenvalue weighted by atomic mass is 9.95. The third-order valence-electron chi connectivity index (χ3n) is 2.61. The molecule has 0 saturated carbocycles. The Balaban J connectivity index is 2.17. The van der Waals surface area contributed by atoms with E-state index in [4.69, 9.17) is 0 Å². The van der Waals surface area contributed by atoms with E-state index in [1.807, 2.05) is 0 Å². The van der Waals surface area contributed by atoms with Gasteiger partial charge in [-0.1, -0.05) is 12.2 Å². The minimum absolute atomic E-state index is 0.159. The number of carbonyl (C=O) groups is 1. The van der Waals surface area contributed by atoms with Crippen LogP contribution in [-0.2, 0) is 4.79 Å². The maximum atomic E-state index is 10.9. The average molecular weight is 133 g/mol. The van der Waals surface area contributed by atoms with Crippen molar-refractivity contribution in [3.8, 4) is 0 Å². The summed E-state index contributed by atoms with van der Waals surface area (Å²) < 4.78 is 0. The van der Waals surface area contributed by atoms with Gasteiger partial charge in [-0.05, 0) is 6.42 Å². The van der Waals surface area contributed by atoms with Crippen LogP contribution in [0.15, 0.2) is 23.4 Å². The largest absolute Gasteiger partial charge is 0.325 e. The third kappa shape index (κ3) is 0.315. The second-order valence-electron chi connectivity index (χ2n) is 3.12. The van der Waals surface area contributed by atoms with Crippen LogP contribution in [0.5, 0.6) is 0 Å². The molecule has 2 atom stereocenters. The van der Waals surface area contributed by atoms with Crippen LogP contribution >= 0.6 is 0 Å². The summed E-state index contributed by atoms with van der Waals surface area (Å²) in [4.78, 5) is 10.9. The van der Waals surface area contributed by atoms with Crippen LogP contribution < -0.4 is 5.32 Å². The van der Waals surface area contributed by atoms with Crippen molar-refractivity contribution >= 4 is 5.91 Å². The number of fused-ring (bicyclic) bond motifs is 4. The minimum atomic E-state index is 0.159. The van der Waals surface area contributed by atoms with Gasteiger partial charge in [-0.25, -0.2) is 0 Å². The summed E-state index contributed by atoms with van der Waals surface area (Å²) in [5.41, 5.74) is 2.27. The van der Waals surface area contributed by atoms with Gasteiger partial charge in [-0.15, -0.1) is 0 Å². The Bertz CT molecular complexity index is 288. The Morgan fingerprint density at radius 3 is 2.80 bits per heavy atom. The van der Waals surface area contributed by atoms with Crippen LogP contribution in [0.25, 0.3) is 0 Å². The molecule has 2 heteroatoms. The van der Waals surface area contributed by atoms with Crippen LogP contribution in [0.3, 0.4) is 0 Å². The summed E-state index contributed by atoms with van der Waals surface area (Å²) in [5, 5.41) is 2.83. The highest BCUT2D eigenvalue weighted by Gasteiger charge is 2.44. The predicted octanol–water partition coefficient (Wildman–Crippen LogP) is 0.576. The highest BCUT2D eigenvalue weighted by molar-refractivity contribution is 6.04. The minimum Gasteiger partial charge on any atom is -0.325 e. The van der Waals surface area contributed by atoms with Crippen molar-refractivity contribution in [2.24, 2.45) is 11.8 Å². The topological polar surface area (TPSA) is 29.1 Å². The molecule has 2 bridgehead atoms. The van der Waals surface area contributed by atoms with Crippen molar-refractivity contribution < 1.29 is 4.79 Å². The van der Waals surface area contributed by atoms with Gasteiger partial charge in [0, 0.05) is 23.1 Å². The molecule has 3 aliphatic rings. The lowest BCUT2D eigenvalue weighted by Crippen LogP contribution is -2.38. The summed E-state index contributed by atoms with van der Waals surface area (Å²) in [7, 11) is 0. The fourth-order valence-corrected chi connectivity index (χ4v) is 2.10. The lowest BCUT2D eigenvalue weighted by molar-refractivity contribution is -0.119. The molecule has 1 aliphatic heterocycles. The SMILES string of the molecule is O=C1NC2=C1[C@@H]1C=C[C@H]2C1. The maximum Gasteiger partial charge on any atom is 0.253 e. The van der Waals surface area contributed by atoms with Crippen LogP contribution in [0.4, 0.5) is 0 Å². The van der Waals surface area contributed by atoms with E-state index in [-0.39, 0.29) is 5.91 Å². The molecule has 10 heavy (non-hydrogen) atoms. The highest BCUT2D eigenvalue weighted by Crippen LogP contribution is 2.46. The van der Waals surface area contributed by atoms with Crippen molar-refractivity contribution in [2.75, 3.05) is 0 Å². The third-order valence-corrected chi connectivity index (χ3v) is 2.61. The average Bonchev–Trinajstić information content (AvgIpc) is 2.40. The normalized spacial score (nSPS) is 39.8. The second-order valence-corrected chi connectivity index (χ2v) is 3.12. The van der Waals surface area contributed by atoms with Crippen LogP contribution in [0.2, 0.25) is 0 Å². The van der Waals surface area contributed by atoms with Crippen molar-refractivity contribution in [1.82, 2.24) is 5.32 Å². The van der Waals surface area contributed by atoms with E-state index in [1.54, 1.807) is 0 Å². The smallest absolute Gasteiger partial charge is 0.253 e. The molecule has 0 radical (unpaired) electrons. The van der Waals surface area contributed by atoms with Crippen molar-refractivity contribution in [2.45, 2.75) is 6.42 Å². The van der Waals surface area contributed by atoms with E-state index in [2.05, 4.69) is 17.5 Å². The van der Waals surface area contributed by atoms with Crippen molar-refractivity contribution in [3.63, 3.8) is 0 Å². The van der Waals surface area contributed by atoms with Gasteiger partial charge >= 0.3 is 0 Å². The fraction of sp³-hybridized carbons (Fsp3) is 0.375. The van der Waals surface area contributed by atoms with E-state index < -0.39 is 0 Å². The first kappa shape index (κ1) is 4.72. The molecule has 0 unspecified atom stereocenters. The van der Waals surface area contributed by atoms with E-state index in [9.17, 15) is 4.79 Å². The molecule has 50 valence electrons. The van der Waals surface area contributed by atoms with Gasteiger partial charge in [-0.2, -0.15) is 0 Å². The Morgan fingerprint density at radius 1 is 1.40 bits per heavy atom. The van der Waals surface area contributed by atoms with Gasteiger partial charge in [-0.3, -0.25) is 4.79 Å². The summed E-state index contributed by atoms with van der Waals surface area (Å²) in [6, 6.07) is 0. The molecule has 0 aromatic rings. The second kappa shape index (κ2) is 1.19. The standard InChI is InChI=1S/C8H7NO/c10-8-6-4-1-2-5(3-4)7(6)9-8/h1-2,4-5H,3H2,(H,9,10)/t4-,5+/m1/s1. The van der Waals surface area contributed by atoms with Crippen LogP contribution in [-0.4, -0.2) is 5.91 Å². The number of rotatable bonds is 0. The molecule has 2 nitrogen and oxygen atoms in total. The fourth-order valence-electron chi connectivity index (χ4n) is 2.10. The number of carbonyl (C=O) groups excluding carboxylic acids is 1. The van der Waals surface area contributed by atoms with Gasteiger partial charge in [0.25, 0.3) is 5.91 Å². The monoisotopic (exact) mass is 133 g/mol. The summed E-state index contributed by atoms with van der Waals surface area (Å²) >= 11 is 0. The van der Waals surface area contributed by atoms with Crippen molar-refractivity contribution in [1.29, 1.82) is 0 Å². The Kier molecular flexibility index (Phi) is 0.562. The zero-order valence-corrected chi connectivity index (χ0v) is 5.42. The van der Waals surface area contributed by atoms with Gasteiger partial charge in [0.2, 0.25) is 0 Å². The number of amides is 1. The molecule has 0 aromatic heterocycles. The van der Waals surface area contributed by atoms with Gasteiger partial charge in [0.15, 0.2) is 0 Å². The molecule has 0 fully saturated rings. The molecule has 0 aromatic carbocycles. The lowest BCUT2D eigenvalue weighted by Gasteiger charge is -2.24. The number of hydrogen-bond donors (Lipinski definition) is 1. The number of hydrogen-bond acceptors (Lipinski definition) is 1. The highest BCUT2D eigenvalue weighted by atomic mass is 16.2. The quantitative estimate of drug-likeness (QED) is 0.481. The molecule has 3 rings (SSSR count). The Labute approximate surface area is 58.6 Å². The maximum absolute atomic E-state index is 10.9. The number of allylic oxidation sites excluding steroid dienone is 2. The van der Waals surface area contributed by atoms with E-state index in [0.717, 1.165) is 12.0 Å². The summed E-state index contributed by atoms with van der Waals surface area (Å²) in [6.07, 6.45) is 5.49. The van der Waals surface area contributed by atoms with Crippen LogP contribution in [0, 0.1) is 11.8 Å². The Morgan fingerprint density at radius 2 is 2.20 bits per heavy atom. The van der Waals surface area contributed by atoms with E-state index >= 15 is 0 Å². The molecule has 0 spiro atoms. The first-order valence-corrected chi connectivity index (χ1v) is 3.60. The zero-order chi connectivity index (χ0) is 6.72. The number of nitrogens with one attached hydrogen (secondary N) is 1. The van der Waals surface area contributed by atoms with Gasteiger partial charge in [0.05, 0.1) is 0 Å². The molecule has 0 saturated heterocycles. The van der Waals surface area contributed by atoms with E-state index in [0.29, 0.717) is 11.8 Å². The Hall–Kier alpha value is -1.05. The summed E-state index contributed by atoms with van der Waals surface area (Å²) in [6.45, 7) is 0. The molecule has 1 amide bonds. The molecule has 2 aliphatic carbocycles. The predicted molar refractivity (Wildman–Crippen MR) is 35.9 cm³/mol. The van der Waals surface area contributed by atoms with Crippen molar-refractivity contribution in [3.05, 3.63) is 23.4 Å². The van der Waals surface area contributed by atoms with Crippen LogP contribution in [0.1, 0.15) is 6.42 Å². The summed E-state index contributed by atoms with van der Waals surface area (Å²) in [5.74, 6) is 1.18. The van der Waals surface area contributed by atoms with Gasteiger partial charge < -0.3 is 5.32 Å². The van der Waals surface area contributed by atoms with E-state index in [1.165, 1.54) is 5.70 Å². The zero-order valence-electron chi connectivity index (χ0n) is 5.42.